The maximum atomic E-state index is 12.6. The van der Waals surface area contributed by atoms with E-state index < -0.39 is 0 Å². The molecule has 1 saturated carbocycles. The van der Waals surface area contributed by atoms with E-state index in [4.69, 9.17) is 5.73 Å². The fourth-order valence-corrected chi connectivity index (χ4v) is 3.14. The van der Waals surface area contributed by atoms with Crippen LogP contribution in [0.1, 0.15) is 41.7 Å². The number of aryl methyl sites for hydroxylation is 1. The highest BCUT2D eigenvalue weighted by Crippen LogP contribution is 2.29. The Balaban J connectivity index is 0.00000192. The number of hydrogen-bond acceptors (Lipinski definition) is 3. The van der Waals surface area contributed by atoms with Gasteiger partial charge in [-0.3, -0.25) is 4.79 Å². The van der Waals surface area contributed by atoms with Gasteiger partial charge in [-0.05, 0) is 31.9 Å². The molecule has 0 aliphatic heterocycles. The van der Waals surface area contributed by atoms with Crippen LogP contribution in [0.3, 0.4) is 0 Å². The van der Waals surface area contributed by atoms with E-state index in [0.29, 0.717) is 12.1 Å². The molecule has 5 nitrogen and oxygen atoms in total. The summed E-state index contributed by atoms with van der Waals surface area (Å²) < 4.78 is 1.74. The summed E-state index contributed by atoms with van der Waals surface area (Å²) in [6.07, 6.45) is 5.96. The van der Waals surface area contributed by atoms with E-state index in [0.717, 1.165) is 37.1 Å². The van der Waals surface area contributed by atoms with Crippen molar-refractivity contribution in [1.82, 2.24) is 15.1 Å². The molecule has 1 heterocycles. The predicted molar refractivity (Wildman–Crippen MR) is 93.3 cm³/mol. The summed E-state index contributed by atoms with van der Waals surface area (Å²) in [7, 11) is 0. The molecule has 3 N–H and O–H groups in total. The highest BCUT2D eigenvalue weighted by Gasteiger charge is 2.34. The van der Waals surface area contributed by atoms with E-state index in [1.54, 1.807) is 10.9 Å². The van der Waals surface area contributed by atoms with Crippen LogP contribution in [0.25, 0.3) is 5.69 Å². The van der Waals surface area contributed by atoms with Gasteiger partial charge >= 0.3 is 0 Å². The van der Waals surface area contributed by atoms with Crippen molar-refractivity contribution in [3.05, 3.63) is 47.8 Å². The molecule has 0 saturated heterocycles. The molecule has 3 rings (SSSR count). The highest BCUT2D eigenvalue weighted by molar-refractivity contribution is 5.95. The average molecular weight is 335 g/mol. The Hall–Kier alpha value is -1.85. The van der Waals surface area contributed by atoms with Gasteiger partial charge in [0.2, 0.25) is 0 Å². The SMILES string of the molecule is Cc1nn(-c2ccccc2)cc1C(=O)NC1(CN)CCCC1.Cl. The Morgan fingerprint density at radius 1 is 1.30 bits per heavy atom. The van der Waals surface area contributed by atoms with Gasteiger partial charge in [0.15, 0.2) is 0 Å². The summed E-state index contributed by atoms with van der Waals surface area (Å²) >= 11 is 0. The third-order valence-corrected chi connectivity index (χ3v) is 4.49. The van der Waals surface area contributed by atoms with Crippen molar-refractivity contribution in [1.29, 1.82) is 0 Å². The second kappa shape index (κ2) is 7.15. The first-order valence-electron chi connectivity index (χ1n) is 7.78. The molecule has 1 aromatic carbocycles. The lowest BCUT2D eigenvalue weighted by atomic mass is 9.97. The molecule has 1 aromatic heterocycles. The van der Waals surface area contributed by atoms with E-state index in [9.17, 15) is 4.79 Å². The molecular formula is C17H23ClN4O. The molecule has 0 radical (unpaired) electrons. The molecular weight excluding hydrogens is 312 g/mol. The number of amides is 1. The minimum absolute atomic E-state index is 0. The first-order valence-corrected chi connectivity index (χ1v) is 7.78. The molecule has 1 amide bonds. The Kier molecular flexibility index (Phi) is 5.44. The van der Waals surface area contributed by atoms with Gasteiger partial charge in [0.05, 0.1) is 22.5 Å². The Morgan fingerprint density at radius 2 is 1.96 bits per heavy atom. The van der Waals surface area contributed by atoms with Crippen molar-refractivity contribution in [2.75, 3.05) is 6.54 Å². The van der Waals surface area contributed by atoms with Gasteiger partial charge in [0, 0.05) is 12.7 Å². The molecule has 1 aliphatic rings. The molecule has 0 atom stereocenters. The van der Waals surface area contributed by atoms with E-state index in [1.165, 1.54) is 0 Å². The monoisotopic (exact) mass is 334 g/mol. The Bertz CT molecular complexity index is 662. The smallest absolute Gasteiger partial charge is 0.255 e. The number of aromatic nitrogens is 2. The number of nitrogens with one attached hydrogen (secondary N) is 1. The van der Waals surface area contributed by atoms with Gasteiger partial charge in [-0.25, -0.2) is 4.68 Å². The molecule has 0 bridgehead atoms. The third-order valence-electron chi connectivity index (χ3n) is 4.49. The lowest BCUT2D eigenvalue weighted by molar-refractivity contribution is 0.0902. The fraction of sp³-hybridized carbons (Fsp3) is 0.412. The van der Waals surface area contributed by atoms with Crippen LogP contribution in [0, 0.1) is 6.92 Å². The number of nitrogens with two attached hydrogens (primary N) is 1. The normalized spacial score (nSPS) is 15.9. The van der Waals surface area contributed by atoms with Crippen molar-refractivity contribution in [2.24, 2.45) is 5.73 Å². The van der Waals surface area contributed by atoms with E-state index in [1.807, 2.05) is 37.3 Å². The van der Waals surface area contributed by atoms with Crippen LogP contribution in [-0.2, 0) is 0 Å². The number of hydrogen-bond donors (Lipinski definition) is 2. The summed E-state index contributed by atoms with van der Waals surface area (Å²) in [6, 6.07) is 9.79. The minimum Gasteiger partial charge on any atom is -0.345 e. The highest BCUT2D eigenvalue weighted by atomic mass is 35.5. The zero-order valence-corrected chi connectivity index (χ0v) is 14.1. The summed E-state index contributed by atoms with van der Waals surface area (Å²) in [5.74, 6) is -0.0768. The summed E-state index contributed by atoms with van der Waals surface area (Å²) in [4.78, 5) is 12.6. The zero-order valence-electron chi connectivity index (χ0n) is 13.3. The van der Waals surface area contributed by atoms with Crippen LogP contribution < -0.4 is 11.1 Å². The molecule has 23 heavy (non-hydrogen) atoms. The van der Waals surface area contributed by atoms with E-state index >= 15 is 0 Å². The molecule has 1 aliphatic carbocycles. The van der Waals surface area contributed by atoms with Gasteiger partial charge in [-0.2, -0.15) is 5.10 Å². The van der Waals surface area contributed by atoms with Crippen LogP contribution in [-0.4, -0.2) is 27.8 Å². The molecule has 124 valence electrons. The first-order chi connectivity index (χ1) is 10.6. The van der Waals surface area contributed by atoms with Crippen LogP contribution >= 0.6 is 12.4 Å². The van der Waals surface area contributed by atoms with Gasteiger partial charge in [0.25, 0.3) is 5.91 Å². The first kappa shape index (κ1) is 17.5. The van der Waals surface area contributed by atoms with Crippen LogP contribution in [0.4, 0.5) is 0 Å². The Labute approximate surface area is 142 Å². The second-order valence-corrected chi connectivity index (χ2v) is 6.05. The molecule has 6 heteroatoms. The predicted octanol–water partition coefficient (Wildman–Crippen LogP) is 2.60. The zero-order chi connectivity index (χ0) is 15.6. The van der Waals surface area contributed by atoms with E-state index in [2.05, 4.69) is 10.4 Å². The van der Waals surface area contributed by atoms with Gasteiger partial charge in [-0.15, -0.1) is 12.4 Å². The van der Waals surface area contributed by atoms with Crippen molar-refractivity contribution >= 4 is 18.3 Å². The van der Waals surface area contributed by atoms with Gasteiger partial charge in [0.1, 0.15) is 0 Å². The van der Waals surface area contributed by atoms with Crippen molar-refractivity contribution in [3.63, 3.8) is 0 Å². The number of benzene rings is 1. The van der Waals surface area contributed by atoms with Gasteiger partial charge in [-0.1, -0.05) is 31.0 Å². The summed E-state index contributed by atoms with van der Waals surface area (Å²) in [6.45, 7) is 2.35. The van der Waals surface area contributed by atoms with Crippen molar-refractivity contribution < 1.29 is 4.79 Å². The number of rotatable bonds is 4. The largest absolute Gasteiger partial charge is 0.345 e. The number of para-hydroxylation sites is 1. The van der Waals surface area contributed by atoms with Crippen LogP contribution in [0.2, 0.25) is 0 Å². The number of halogens is 1. The minimum atomic E-state index is -0.238. The fourth-order valence-electron chi connectivity index (χ4n) is 3.14. The topological polar surface area (TPSA) is 72.9 Å². The quantitative estimate of drug-likeness (QED) is 0.902. The van der Waals surface area contributed by atoms with Crippen LogP contribution in [0.15, 0.2) is 36.5 Å². The van der Waals surface area contributed by atoms with Crippen molar-refractivity contribution in [2.45, 2.75) is 38.1 Å². The Morgan fingerprint density at radius 3 is 2.57 bits per heavy atom. The maximum Gasteiger partial charge on any atom is 0.255 e. The standard InChI is InChI=1S/C17H22N4O.ClH/c1-13-15(11-21(20-13)14-7-3-2-4-8-14)16(22)19-17(12-18)9-5-6-10-17;/h2-4,7-8,11H,5-6,9-10,12,18H2,1H3,(H,19,22);1H. The summed E-state index contributed by atoms with van der Waals surface area (Å²) in [5, 5.41) is 7.60. The molecule has 0 spiro atoms. The molecule has 2 aromatic rings. The third kappa shape index (κ3) is 3.57. The van der Waals surface area contributed by atoms with Crippen molar-refractivity contribution in [3.8, 4) is 5.69 Å². The lowest BCUT2D eigenvalue weighted by Gasteiger charge is -2.28. The lowest BCUT2D eigenvalue weighted by Crippen LogP contribution is -2.51. The average Bonchev–Trinajstić information content (AvgIpc) is 3.15. The summed E-state index contributed by atoms with van der Waals surface area (Å²) in [5.41, 5.74) is 7.94. The second-order valence-electron chi connectivity index (χ2n) is 6.05. The maximum absolute atomic E-state index is 12.6. The van der Waals surface area contributed by atoms with Crippen LogP contribution in [0.5, 0.6) is 0 Å². The molecule has 0 unspecified atom stereocenters. The number of carbonyl (C=O) groups is 1. The molecule has 1 fully saturated rings. The van der Waals surface area contributed by atoms with Gasteiger partial charge < -0.3 is 11.1 Å². The number of carbonyl (C=O) groups excluding carboxylic acids is 1. The number of nitrogens with zero attached hydrogens (tertiary/aromatic N) is 2. The van der Waals surface area contributed by atoms with E-state index in [-0.39, 0.29) is 23.9 Å².